The molecule has 20 heavy (non-hydrogen) atoms. The SMILES string of the molecule is COc1ccc(/C=C/C(=O)OC(C)(C)C)c([N+](=O)[O-])c1. The van der Waals surface area contributed by atoms with Gasteiger partial charge in [0.05, 0.1) is 23.7 Å². The Balaban J connectivity index is 2.97. The maximum absolute atomic E-state index is 11.5. The summed E-state index contributed by atoms with van der Waals surface area (Å²) in [5.41, 5.74) is -0.432. The van der Waals surface area contributed by atoms with Crippen molar-refractivity contribution in [1.82, 2.24) is 0 Å². The Labute approximate surface area is 117 Å². The zero-order chi connectivity index (χ0) is 15.3. The molecule has 1 aromatic rings. The van der Waals surface area contributed by atoms with Gasteiger partial charge < -0.3 is 9.47 Å². The van der Waals surface area contributed by atoms with Crippen LogP contribution in [0.2, 0.25) is 0 Å². The Morgan fingerprint density at radius 3 is 2.50 bits per heavy atom. The quantitative estimate of drug-likeness (QED) is 0.366. The van der Waals surface area contributed by atoms with Crippen molar-refractivity contribution in [1.29, 1.82) is 0 Å². The lowest BCUT2D eigenvalue weighted by Gasteiger charge is -2.17. The first kappa shape index (κ1) is 15.7. The third-order valence-electron chi connectivity index (χ3n) is 2.24. The average molecular weight is 279 g/mol. The zero-order valence-electron chi connectivity index (χ0n) is 11.9. The maximum Gasteiger partial charge on any atom is 0.331 e. The van der Waals surface area contributed by atoms with E-state index in [1.54, 1.807) is 26.8 Å². The highest BCUT2D eigenvalue weighted by Crippen LogP contribution is 2.25. The number of hydrogen-bond acceptors (Lipinski definition) is 5. The van der Waals surface area contributed by atoms with Crippen LogP contribution in [0.25, 0.3) is 6.08 Å². The molecule has 0 fully saturated rings. The molecule has 0 aliphatic rings. The molecule has 1 aromatic carbocycles. The topological polar surface area (TPSA) is 78.7 Å². The molecule has 6 nitrogen and oxygen atoms in total. The molecule has 0 unspecified atom stereocenters. The van der Waals surface area contributed by atoms with E-state index in [1.807, 2.05) is 0 Å². The number of esters is 1. The first-order valence-corrected chi connectivity index (χ1v) is 5.96. The molecule has 6 heteroatoms. The lowest BCUT2D eigenvalue weighted by molar-refractivity contribution is -0.385. The van der Waals surface area contributed by atoms with Crippen LogP contribution in [0.1, 0.15) is 26.3 Å². The highest BCUT2D eigenvalue weighted by atomic mass is 16.6. The summed E-state index contributed by atoms with van der Waals surface area (Å²) in [7, 11) is 1.43. The second kappa shape index (κ2) is 6.18. The fourth-order valence-electron chi connectivity index (χ4n) is 1.44. The standard InChI is InChI=1S/C14H17NO5/c1-14(2,3)20-13(16)8-6-10-5-7-11(19-4)9-12(10)15(17)18/h5-9H,1-4H3/b8-6+. The van der Waals surface area contributed by atoms with E-state index in [1.165, 1.54) is 31.4 Å². The lowest BCUT2D eigenvalue weighted by atomic mass is 10.1. The summed E-state index contributed by atoms with van der Waals surface area (Å²) in [6.45, 7) is 5.23. The van der Waals surface area contributed by atoms with Crippen LogP contribution in [0, 0.1) is 10.1 Å². The van der Waals surface area contributed by atoms with Crippen LogP contribution in [-0.2, 0) is 9.53 Å². The molecular weight excluding hydrogens is 262 g/mol. The summed E-state index contributed by atoms with van der Waals surface area (Å²) >= 11 is 0. The van der Waals surface area contributed by atoms with E-state index >= 15 is 0 Å². The monoisotopic (exact) mass is 279 g/mol. The van der Waals surface area contributed by atoms with Gasteiger partial charge in [-0.1, -0.05) is 0 Å². The molecule has 0 N–H and O–H groups in total. The van der Waals surface area contributed by atoms with Crippen LogP contribution in [0.4, 0.5) is 5.69 Å². The predicted octanol–water partition coefficient (Wildman–Crippen LogP) is 2.96. The number of benzene rings is 1. The molecule has 0 aliphatic carbocycles. The van der Waals surface area contributed by atoms with Gasteiger partial charge in [-0.25, -0.2) is 4.79 Å². The van der Waals surface area contributed by atoms with Crippen molar-refractivity contribution in [2.75, 3.05) is 7.11 Å². The normalized spacial score (nSPS) is 11.4. The highest BCUT2D eigenvalue weighted by Gasteiger charge is 2.16. The number of ether oxygens (including phenoxy) is 2. The van der Waals surface area contributed by atoms with Gasteiger partial charge in [-0.05, 0) is 39.0 Å². The second-order valence-corrected chi connectivity index (χ2v) is 5.05. The number of carbonyl (C=O) groups excluding carboxylic acids is 1. The molecule has 0 atom stereocenters. The van der Waals surface area contributed by atoms with Gasteiger partial charge in [0.15, 0.2) is 0 Å². The number of nitro benzene ring substituents is 1. The van der Waals surface area contributed by atoms with Gasteiger partial charge in [-0.2, -0.15) is 0 Å². The molecule has 0 aromatic heterocycles. The number of hydrogen-bond donors (Lipinski definition) is 0. The molecule has 0 spiro atoms. The van der Waals surface area contributed by atoms with Gasteiger partial charge in [0.2, 0.25) is 0 Å². The van der Waals surface area contributed by atoms with E-state index in [0.717, 1.165) is 0 Å². The van der Waals surface area contributed by atoms with E-state index in [-0.39, 0.29) is 5.69 Å². The predicted molar refractivity (Wildman–Crippen MR) is 74.5 cm³/mol. The summed E-state index contributed by atoms with van der Waals surface area (Å²) in [5, 5.41) is 11.0. The first-order valence-electron chi connectivity index (χ1n) is 5.96. The lowest BCUT2D eigenvalue weighted by Crippen LogP contribution is -2.22. The number of carbonyl (C=O) groups is 1. The van der Waals surface area contributed by atoms with Crippen molar-refractivity contribution < 1.29 is 19.2 Å². The number of nitro groups is 1. The zero-order valence-corrected chi connectivity index (χ0v) is 11.9. The summed E-state index contributed by atoms with van der Waals surface area (Å²) in [6, 6.07) is 4.40. The minimum atomic E-state index is -0.604. The van der Waals surface area contributed by atoms with Crippen LogP contribution in [-0.4, -0.2) is 23.6 Å². The summed E-state index contributed by atoms with van der Waals surface area (Å²) in [6.07, 6.45) is 2.52. The van der Waals surface area contributed by atoms with Gasteiger partial charge in [0, 0.05) is 6.08 Å². The van der Waals surface area contributed by atoms with Crippen molar-refractivity contribution in [2.45, 2.75) is 26.4 Å². The van der Waals surface area contributed by atoms with Crippen LogP contribution in [0.3, 0.4) is 0 Å². The molecule has 0 amide bonds. The summed E-state index contributed by atoms with van der Waals surface area (Å²) < 4.78 is 10.0. The van der Waals surface area contributed by atoms with E-state index in [9.17, 15) is 14.9 Å². The molecule has 0 bridgehead atoms. The smallest absolute Gasteiger partial charge is 0.331 e. The fourth-order valence-corrected chi connectivity index (χ4v) is 1.44. The maximum atomic E-state index is 11.5. The Kier molecular flexibility index (Phi) is 4.85. The Hall–Kier alpha value is -2.37. The molecule has 0 aliphatic heterocycles. The van der Waals surface area contributed by atoms with Crippen molar-refractivity contribution in [3.63, 3.8) is 0 Å². The molecule has 0 saturated carbocycles. The highest BCUT2D eigenvalue weighted by molar-refractivity contribution is 5.88. The first-order chi connectivity index (χ1) is 9.23. The summed E-state index contributed by atoms with van der Waals surface area (Å²) in [5.74, 6) is -0.172. The van der Waals surface area contributed by atoms with Gasteiger partial charge in [0.25, 0.3) is 5.69 Å². The molecule has 108 valence electrons. The average Bonchev–Trinajstić information content (AvgIpc) is 2.34. The molecular formula is C14H17NO5. The van der Waals surface area contributed by atoms with Crippen LogP contribution >= 0.6 is 0 Å². The summed E-state index contributed by atoms with van der Waals surface area (Å²) in [4.78, 5) is 22.0. The number of methoxy groups -OCH3 is 1. The van der Waals surface area contributed by atoms with Crippen LogP contribution in [0.15, 0.2) is 24.3 Å². The van der Waals surface area contributed by atoms with E-state index in [2.05, 4.69) is 0 Å². The Morgan fingerprint density at radius 2 is 2.00 bits per heavy atom. The minimum Gasteiger partial charge on any atom is -0.497 e. The van der Waals surface area contributed by atoms with Gasteiger partial charge in [-0.15, -0.1) is 0 Å². The largest absolute Gasteiger partial charge is 0.497 e. The van der Waals surface area contributed by atoms with Crippen molar-refractivity contribution in [3.8, 4) is 5.75 Å². The number of nitrogens with zero attached hydrogens (tertiary/aromatic N) is 1. The Morgan fingerprint density at radius 1 is 1.35 bits per heavy atom. The van der Waals surface area contributed by atoms with Gasteiger partial charge >= 0.3 is 5.97 Å². The van der Waals surface area contributed by atoms with E-state index in [4.69, 9.17) is 9.47 Å². The molecule has 0 heterocycles. The van der Waals surface area contributed by atoms with Gasteiger partial charge in [0.1, 0.15) is 11.4 Å². The van der Waals surface area contributed by atoms with Crippen molar-refractivity contribution in [2.24, 2.45) is 0 Å². The second-order valence-electron chi connectivity index (χ2n) is 5.05. The minimum absolute atomic E-state index is 0.135. The molecule has 1 rings (SSSR count). The van der Waals surface area contributed by atoms with Crippen LogP contribution < -0.4 is 4.74 Å². The fraction of sp³-hybridized carbons (Fsp3) is 0.357. The van der Waals surface area contributed by atoms with Crippen LogP contribution in [0.5, 0.6) is 5.75 Å². The van der Waals surface area contributed by atoms with E-state index in [0.29, 0.717) is 11.3 Å². The Bertz CT molecular complexity index is 543. The third-order valence-corrected chi connectivity index (χ3v) is 2.24. The number of rotatable bonds is 4. The molecule has 0 saturated heterocycles. The van der Waals surface area contributed by atoms with E-state index < -0.39 is 16.5 Å². The third kappa shape index (κ3) is 4.72. The van der Waals surface area contributed by atoms with Gasteiger partial charge in [-0.3, -0.25) is 10.1 Å². The molecule has 0 radical (unpaired) electrons. The van der Waals surface area contributed by atoms with Crippen molar-refractivity contribution in [3.05, 3.63) is 40.0 Å². The van der Waals surface area contributed by atoms with Crippen molar-refractivity contribution >= 4 is 17.7 Å².